The Balaban J connectivity index is 0.000000201. The third kappa shape index (κ3) is 8.40. The summed E-state index contributed by atoms with van der Waals surface area (Å²) in [5, 5.41) is 29.8. The van der Waals surface area contributed by atoms with Crippen molar-refractivity contribution in [1.29, 1.82) is 0 Å². The van der Waals surface area contributed by atoms with Gasteiger partial charge in [0.2, 0.25) is 6.10 Å². The van der Waals surface area contributed by atoms with Gasteiger partial charge in [0.15, 0.2) is 0 Å². The molecule has 3 N–H and O–H groups in total. The molecular weight excluding hydrogens is 580 g/mol. The maximum absolute atomic E-state index is 12.4. The van der Waals surface area contributed by atoms with Gasteiger partial charge in [-0.3, -0.25) is 14.4 Å². The first kappa shape index (κ1) is 37.3. The van der Waals surface area contributed by atoms with Gasteiger partial charge >= 0.3 is 23.9 Å². The van der Waals surface area contributed by atoms with Crippen LogP contribution in [0.5, 0.6) is 0 Å². The number of carboxylic acids is 1. The lowest BCUT2D eigenvalue weighted by Crippen LogP contribution is -2.67. The van der Waals surface area contributed by atoms with Crippen LogP contribution in [0.4, 0.5) is 0 Å². The molecule has 10 nitrogen and oxygen atoms in total. The second-order valence-corrected chi connectivity index (χ2v) is 16.4. The Bertz CT molecular complexity index is 1110. The third-order valence-electron chi connectivity index (χ3n) is 11.2. The van der Waals surface area contributed by atoms with Crippen LogP contribution in [-0.2, 0) is 33.4 Å². The highest BCUT2D eigenvalue weighted by Crippen LogP contribution is 2.60. The molecule has 6 fully saturated rings. The number of rotatable bonds is 8. The van der Waals surface area contributed by atoms with Crippen LogP contribution >= 0.6 is 0 Å². The van der Waals surface area contributed by atoms with E-state index in [0.29, 0.717) is 32.1 Å². The van der Waals surface area contributed by atoms with Crippen molar-refractivity contribution >= 4 is 23.9 Å². The normalized spacial score (nSPS) is 34.9. The van der Waals surface area contributed by atoms with Gasteiger partial charge in [0.25, 0.3) is 0 Å². The molecule has 4 bridgehead atoms. The molecule has 2 unspecified atom stereocenters. The van der Waals surface area contributed by atoms with Gasteiger partial charge in [-0.05, 0) is 105 Å². The van der Waals surface area contributed by atoms with Crippen molar-refractivity contribution in [1.82, 2.24) is 0 Å². The highest BCUT2D eigenvalue weighted by Gasteiger charge is 2.64. The molecule has 6 rings (SSSR count). The minimum Gasteiger partial charge on any atom is -0.481 e. The van der Waals surface area contributed by atoms with Crippen LogP contribution in [-0.4, -0.2) is 68.2 Å². The maximum Gasteiger partial charge on any atom is 0.348 e. The van der Waals surface area contributed by atoms with Crippen LogP contribution in [0.15, 0.2) is 0 Å². The van der Waals surface area contributed by atoms with Crippen molar-refractivity contribution in [2.24, 2.45) is 28.1 Å². The van der Waals surface area contributed by atoms with Gasteiger partial charge in [0.05, 0.1) is 27.4 Å². The standard InChI is InChI=1S/C16H26O4.C13H20O4.C6H12O2/c1-4-13(2,3)12(17)20-16-7-11-5-14(18,9-16)8-15(19,6-11)10-16;1-4-13(2,3)12(15)17-10-8-6-5-7-9(8)16-11(10)14;1-4-6(2,3)5(7)8/h11,18-19H,4-10H2,1-3H3;8-10H,4-7H2,1-3H3;4H2,1-3H3,(H,7,8)/t;8-,9+,10-;/m.0./s1. The minimum atomic E-state index is -0.842. The molecule has 0 spiro atoms. The van der Waals surface area contributed by atoms with E-state index in [-0.39, 0.29) is 35.8 Å². The van der Waals surface area contributed by atoms with E-state index in [9.17, 15) is 29.4 Å². The van der Waals surface area contributed by atoms with E-state index in [1.807, 2.05) is 48.5 Å². The number of hydrogen-bond acceptors (Lipinski definition) is 9. The molecule has 0 aromatic rings. The van der Waals surface area contributed by atoms with Crippen LogP contribution in [0.2, 0.25) is 0 Å². The van der Waals surface area contributed by atoms with E-state index in [2.05, 4.69) is 0 Å². The summed E-state index contributed by atoms with van der Waals surface area (Å²) in [4.78, 5) is 46.3. The average Bonchev–Trinajstić information content (AvgIpc) is 3.48. The average molecular weight is 639 g/mol. The summed E-state index contributed by atoms with van der Waals surface area (Å²) in [6.45, 7) is 16.7. The molecule has 10 heteroatoms. The fourth-order valence-corrected chi connectivity index (χ4v) is 7.39. The first-order chi connectivity index (χ1) is 20.6. The maximum atomic E-state index is 12.4. The first-order valence-electron chi connectivity index (χ1n) is 16.9. The zero-order valence-corrected chi connectivity index (χ0v) is 29.0. The largest absolute Gasteiger partial charge is 0.481 e. The van der Waals surface area contributed by atoms with Gasteiger partial charge in [-0.1, -0.05) is 20.8 Å². The van der Waals surface area contributed by atoms with Gasteiger partial charge in [0.1, 0.15) is 11.7 Å². The summed E-state index contributed by atoms with van der Waals surface area (Å²) in [5.41, 5.74) is -3.91. The van der Waals surface area contributed by atoms with E-state index in [0.717, 1.165) is 44.9 Å². The summed E-state index contributed by atoms with van der Waals surface area (Å²) in [6.07, 6.45) is 7.98. The number of carbonyl (C=O) groups excluding carboxylic acids is 3. The third-order valence-corrected chi connectivity index (χ3v) is 11.2. The van der Waals surface area contributed by atoms with Crippen molar-refractivity contribution in [3.05, 3.63) is 0 Å². The van der Waals surface area contributed by atoms with Gasteiger partial charge in [-0.25, -0.2) is 4.79 Å². The molecule has 258 valence electrons. The SMILES string of the molecule is CCC(C)(C)C(=O)O.CCC(C)(C)C(=O)OC12CC3CC(O)(CC(O)(C3)C1)C2.CCC(C)(C)C(=O)O[C@@H]1C(=O)O[C@@H]2CCC[C@H]12. The summed E-state index contributed by atoms with van der Waals surface area (Å²) < 4.78 is 16.5. The van der Waals surface area contributed by atoms with Crippen LogP contribution in [0, 0.1) is 28.1 Å². The molecule has 5 atom stereocenters. The zero-order chi connectivity index (χ0) is 34.2. The van der Waals surface area contributed by atoms with Crippen LogP contribution in [0.1, 0.15) is 139 Å². The molecule has 1 aliphatic heterocycles. The second kappa shape index (κ2) is 13.1. The molecule has 0 amide bonds. The number of carboxylic acid groups (broad SMARTS) is 1. The molecule has 45 heavy (non-hydrogen) atoms. The Morgan fingerprint density at radius 2 is 1.31 bits per heavy atom. The number of ether oxygens (including phenoxy) is 3. The highest BCUT2D eigenvalue weighted by molar-refractivity contribution is 5.83. The van der Waals surface area contributed by atoms with E-state index >= 15 is 0 Å². The van der Waals surface area contributed by atoms with E-state index in [1.54, 1.807) is 13.8 Å². The number of esters is 3. The second-order valence-electron chi connectivity index (χ2n) is 16.4. The fourth-order valence-electron chi connectivity index (χ4n) is 7.39. The van der Waals surface area contributed by atoms with Crippen molar-refractivity contribution in [2.75, 3.05) is 0 Å². The van der Waals surface area contributed by atoms with E-state index in [4.69, 9.17) is 19.3 Å². The van der Waals surface area contributed by atoms with Crippen LogP contribution in [0.3, 0.4) is 0 Å². The predicted octanol–water partition coefficient (Wildman–Crippen LogP) is 5.73. The Hall–Kier alpha value is -2.20. The Morgan fingerprint density at radius 1 is 0.800 bits per heavy atom. The number of aliphatic hydroxyl groups is 2. The molecule has 6 aliphatic rings. The lowest BCUT2D eigenvalue weighted by atomic mass is 9.50. The smallest absolute Gasteiger partial charge is 0.348 e. The van der Waals surface area contributed by atoms with Crippen molar-refractivity contribution in [2.45, 2.75) is 168 Å². The number of aliphatic carboxylic acids is 1. The summed E-state index contributed by atoms with van der Waals surface area (Å²) in [5.74, 6) is -1.22. The van der Waals surface area contributed by atoms with Gasteiger partial charge in [0, 0.05) is 25.2 Å². The van der Waals surface area contributed by atoms with Crippen LogP contribution < -0.4 is 0 Å². The Kier molecular flexibility index (Phi) is 10.9. The first-order valence-corrected chi connectivity index (χ1v) is 16.9. The number of fused-ring (bicyclic) bond motifs is 1. The lowest BCUT2D eigenvalue weighted by Gasteiger charge is -2.62. The van der Waals surface area contributed by atoms with Gasteiger partial charge < -0.3 is 29.5 Å². The van der Waals surface area contributed by atoms with Crippen LogP contribution in [0.25, 0.3) is 0 Å². The highest BCUT2D eigenvalue weighted by atomic mass is 16.6. The molecule has 0 aromatic heterocycles. The lowest BCUT2D eigenvalue weighted by molar-refractivity contribution is -0.264. The molecular formula is C35H58O10. The molecule has 0 radical (unpaired) electrons. The monoisotopic (exact) mass is 638 g/mol. The summed E-state index contributed by atoms with van der Waals surface area (Å²) in [6, 6.07) is 0. The summed E-state index contributed by atoms with van der Waals surface area (Å²) >= 11 is 0. The zero-order valence-electron chi connectivity index (χ0n) is 29.0. The van der Waals surface area contributed by atoms with E-state index in [1.165, 1.54) is 0 Å². The quantitative estimate of drug-likeness (QED) is 0.222. The Labute approximate surface area is 268 Å². The predicted molar refractivity (Wildman–Crippen MR) is 167 cm³/mol. The topological polar surface area (TPSA) is 157 Å². The molecule has 5 saturated carbocycles. The van der Waals surface area contributed by atoms with Crippen molar-refractivity contribution in [3.8, 4) is 0 Å². The molecule has 1 heterocycles. The minimum absolute atomic E-state index is 0.0231. The molecule has 1 saturated heterocycles. The molecule has 5 aliphatic carbocycles. The van der Waals surface area contributed by atoms with Gasteiger partial charge in [-0.15, -0.1) is 0 Å². The van der Waals surface area contributed by atoms with Gasteiger partial charge in [-0.2, -0.15) is 0 Å². The van der Waals surface area contributed by atoms with Crippen molar-refractivity contribution < 1.29 is 48.7 Å². The molecule has 0 aromatic carbocycles. The van der Waals surface area contributed by atoms with Crippen molar-refractivity contribution in [3.63, 3.8) is 0 Å². The fraction of sp³-hybridized carbons (Fsp3) is 0.886. The Morgan fingerprint density at radius 3 is 1.76 bits per heavy atom. The number of carbonyl (C=O) groups is 4. The summed E-state index contributed by atoms with van der Waals surface area (Å²) in [7, 11) is 0. The van der Waals surface area contributed by atoms with E-state index < -0.39 is 45.1 Å². The number of hydrogen-bond donors (Lipinski definition) is 3.